The molecule has 0 atom stereocenters. The van der Waals surface area contributed by atoms with E-state index in [1.807, 2.05) is 18.5 Å². The Morgan fingerprint density at radius 3 is 2.83 bits per heavy atom. The fourth-order valence-electron chi connectivity index (χ4n) is 2.22. The lowest BCUT2D eigenvalue weighted by molar-refractivity contribution is 0.255. The van der Waals surface area contributed by atoms with E-state index in [1.165, 1.54) is 42.6 Å². The van der Waals surface area contributed by atoms with Gasteiger partial charge < -0.3 is 5.32 Å². The van der Waals surface area contributed by atoms with Crippen LogP contribution < -0.4 is 10.6 Å². The lowest BCUT2D eigenvalue weighted by atomic mass is 10.0. The summed E-state index contributed by atoms with van der Waals surface area (Å²) in [5.41, 5.74) is 2.19. The van der Waals surface area contributed by atoms with Crippen LogP contribution in [0.1, 0.15) is 38.3 Å². The molecule has 98 valence electrons. The average Bonchev–Trinajstić information content (AvgIpc) is 2.97. The Morgan fingerprint density at radius 1 is 1.50 bits per heavy atom. The molecular formula is C13H19N3OS. The van der Waals surface area contributed by atoms with Crippen molar-refractivity contribution in [3.05, 3.63) is 22.8 Å². The molecule has 0 aliphatic heterocycles. The zero-order valence-electron chi connectivity index (χ0n) is 10.8. The number of amides is 2. The summed E-state index contributed by atoms with van der Waals surface area (Å²) in [7, 11) is 0. The highest BCUT2D eigenvalue weighted by molar-refractivity contribution is 7.13. The van der Waals surface area contributed by atoms with E-state index in [9.17, 15) is 4.79 Å². The number of allylic oxidation sites excluding steroid dienone is 1. The first-order valence-corrected chi connectivity index (χ1v) is 7.19. The first-order chi connectivity index (χ1) is 8.65. The lowest BCUT2D eigenvalue weighted by Gasteiger charge is -2.09. The molecular weight excluding hydrogens is 246 g/mol. The average molecular weight is 265 g/mol. The van der Waals surface area contributed by atoms with Crippen molar-refractivity contribution in [2.75, 3.05) is 5.32 Å². The molecule has 0 saturated heterocycles. The molecule has 1 aliphatic carbocycles. The number of aryl methyl sites for hydroxylation is 1. The van der Waals surface area contributed by atoms with Gasteiger partial charge in [-0.25, -0.2) is 9.78 Å². The summed E-state index contributed by atoms with van der Waals surface area (Å²) in [4.78, 5) is 15.8. The van der Waals surface area contributed by atoms with Crippen molar-refractivity contribution in [1.29, 1.82) is 0 Å². The lowest BCUT2D eigenvalue weighted by Crippen LogP contribution is -2.24. The van der Waals surface area contributed by atoms with Gasteiger partial charge in [-0.05, 0) is 32.6 Å². The smallest absolute Gasteiger partial charge is 0.314 e. The Kier molecular flexibility index (Phi) is 4.36. The molecule has 4 nitrogen and oxygen atoms in total. The van der Waals surface area contributed by atoms with Crippen molar-refractivity contribution in [3.8, 4) is 0 Å². The monoisotopic (exact) mass is 265 g/mol. The van der Waals surface area contributed by atoms with Gasteiger partial charge in [-0.15, -0.1) is 11.3 Å². The van der Waals surface area contributed by atoms with E-state index < -0.39 is 0 Å². The van der Waals surface area contributed by atoms with Crippen LogP contribution in [0.25, 0.3) is 0 Å². The van der Waals surface area contributed by atoms with Gasteiger partial charge in [0.25, 0.3) is 0 Å². The molecule has 0 spiro atoms. The Morgan fingerprint density at radius 2 is 2.22 bits per heavy atom. The molecule has 0 aromatic carbocycles. The Labute approximate surface area is 112 Å². The maximum absolute atomic E-state index is 11.6. The minimum atomic E-state index is -0.221. The number of thiazole rings is 1. The van der Waals surface area contributed by atoms with Crippen LogP contribution in [0.3, 0.4) is 0 Å². The number of carbonyl (C=O) groups is 1. The molecule has 5 heteroatoms. The maximum atomic E-state index is 11.6. The number of anilines is 1. The van der Waals surface area contributed by atoms with E-state index >= 15 is 0 Å². The zero-order valence-corrected chi connectivity index (χ0v) is 11.6. The number of nitrogens with one attached hydrogen (secondary N) is 2. The van der Waals surface area contributed by atoms with Crippen LogP contribution in [0.5, 0.6) is 0 Å². The Hall–Kier alpha value is -1.36. The second kappa shape index (κ2) is 6.00. The number of urea groups is 1. The predicted octanol–water partition coefficient (Wildman–Crippen LogP) is 3.67. The molecule has 2 rings (SSSR count). The van der Waals surface area contributed by atoms with Gasteiger partial charge in [0, 0.05) is 11.6 Å². The zero-order chi connectivity index (χ0) is 13.0. The van der Waals surface area contributed by atoms with Gasteiger partial charge in [0.1, 0.15) is 0 Å². The predicted molar refractivity (Wildman–Crippen MR) is 74.7 cm³/mol. The van der Waals surface area contributed by atoms with Crippen LogP contribution in [0.15, 0.2) is 17.2 Å². The summed E-state index contributed by atoms with van der Waals surface area (Å²) in [5.74, 6) is 0.646. The number of nitrogens with zero attached hydrogens (tertiary/aromatic N) is 1. The molecule has 2 N–H and O–H groups in total. The second-order valence-electron chi connectivity index (χ2n) is 4.76. The van der Waals surface area contributed by atoms with Gasteiger partial charge in [-0.1, -0.05) is 18.4 Å². The van der Waals surface area contributed by atoms with Crippen LogP contribution >= 0.6 is 11.3 Å². The molecule has 1 fully saturated rings. The van der Waals surface area contributed by atoms with Gasteiger partial charge in [-0.2, -0.15) is 0 Å². The highest BCUT2D eigenvalue weighted by Gasteiger charge is 2.16. The van der Waals surface area contributed by atoms with Crippen molar-refractivity contribution >= 4 is 22.5 Å². The molecule has 0 unspecified atom stereocenters. The third kappa shape index (κ3) is 3.57. The third-order valence-electron chi connectivity index (χ3n) is 3.27. The number of carbonyl (C=O) groups excluding carboxylic acids is 1. The molecule has 1 aromatic rings. The summed E-state index contributed by atoms with van der Waals surface area (Å²) in [6.45, 7) is 3.99. The second-order valence-corrected chi connectivity index (χ2v) is 5.62. The molecule has 1 aromatic heterocycles. The van der Waals surface area contributed by atoms with Crippen molar-refractivity contribution in [2.45, 2.75) is 39.5 Å². The van der Waals surface area contributed by atoms with Gasteiger partial charge in [0.2, 0.25) is 0 Å². The molecule has 2 amide bonds. The van der Waals surface area contributed by atoms with Crippen LogP contribution in [-0.4, -0.2) is 11.0 Å². The van der Waals surface area contributed by atoms with Crippen molar-refractivity contribution in [2.24, 2.45) is 5.92 Å². The third-order valence-corrected chi connectivity index (χ3v) is 4.15. The summed E-state index contributed by atoms with van der Waals surface area (Å²) in [6, 6.07) is -0.221. The molecule has 0 bridgehead atoms. The Bertz CT molecular complexity index is 447. The van der Waals surface area contributed by atoms with Crippen LogP contribution in [0.4, 0.5) is 9.93 Å². The summed E-state index contributed by atoms with van der Waals surface area (Å²) in [5, 5.41) is 8.04. The standard InChI is InChI=1S/C13H19N3OS/c1-9(11-5-3-4-6-11)7-14-12(17)16-13-15-10(2)8-18-13/h7-8,11H,3-6H2,1-2H3,(H2,14,15,16,17)/b9-7+. The van der Waals surface area contributed by atoms with Gasteiger partial charge in [0.05, 0.1) is 5.69 Å². The van der Waals surface area contributed by atoms with Crippen molar-refractivity contribution in [1.82, 2.24) is 10.3 Å². The molecule has 1 heterocycles. The minimum Gasteiger partial charge on any atom is -0.314 e. The van der Waals surface area contributed by atoms with Crippen molar-refractivity contribution in [3.63, 3.8) is 0 Å². The SMILES string of the molecule is C/C(=C\NC(=O)Nc1nc(C)cs1)C1CCCC1. The van der Waals surface area contributed by atoms with Gasteiger partial charge in [-0.3, -0.25) is 5.32 Å². The summed E-state index contributed by atoms with van der Waals surface area (Å²) in [6.07, 6.45) is 6.93. The molecule has 1 aliphatic rings. The largest absolute Gasteiger partial charge is 0.325 e. The normalized spacial score (nSPS) is 16.9. The fourth-order valence-corrected chi connectivity index (χ4v) is 2.91. The topological polar surface area (TPSA) is 54.0 Å². The quantitative estimate of drug-likeness (QED) is 0.876. The maximum Gasteiger partial charge on any atom is 0.325 e. The highest BCUT2D eigenvalue weighted by atomic mass is 32.1. The number of aromatic nitrogens is 1. The molecule has 18 heavy (non-hydrogen) atoms. The number of rotatable bonds is 3. The van der Waals surface area contributed by atoms with E-state index in [1.54, 1.807) is 0 Å². The van der Waals surface area contributed by atoms with Gasteiger partial charge in [0.15, 0.2) is 5.13 Å². The minimum absolute atomic E-state index is 0.221. The first-order valence-electron chi connectivity index (χ1n) is 6.31. The summed E-state index contributed by atoms with van der Waals surface area (Å²) < 4.78 is 0. The van der Waals surface area contributed by atoms with Crippen LogP contribution in [-0.2, 0) is 0 Å². The highest BCUT2D eigenvalue weighted by Crippen LogP contribution is 2.30. The first kappa shape index (κ1) is 13.1. The number of hydrogen-bond donors (Lipinski definition) is 2. The number of hydrogen-bond acceptors (Lipinski definition) is 3. The van der Waals surface area contributed by atoms with Gasteiger partial charge >= 0.3 is 6.03 Å². The Balaban J connectivity index is 1.82. The van der Waals surface area contributed by atoms with E-state index in [4.69, 9.17) is 0 Å². The van der Waals surface area contributed by atoms with Crippen LogP contribution in [0, 0.1) is 12.8 Å². The van der Waals surface area contributed by atoms with E-state index in [2.05, 4.69) is 22.5 Å². The molecule has 1 saturated carbocycles. The van der Waals surface area contributed by atoms with Crippen LogP contribution in [0.2, 0.25) is 0 Å². The van der Waals surface area contributed by atoms with E-state index in [0.717, 1.165) is 5.69 Å². The fraction of sp³-hybridized carbons (Fsp3) is 0.538. The summed E-state index contributed by atoms with van der Waals surface area (Å²) >= 11 is 1.43. The molecule has 0 radical (unpaired) electrons. The van der Waals surface area contributed by atoms with Crippen molar-refractivity contribution < 1.29 is 4.79 Å². The van der Waals surface area contributed by atoms with E-state index in [-0.39, 0.29) is 6.03 Å². The van der Waals surface area contributed by atoms with E-state index in [0.29, 0.717) is 11.0 Å².